The molecule has 0 bridgehead atoms. The molecule has 170 valence electrons. The minimum Gasteiger partial charge on any atom is -0.524 e. The normalized spacial score (nSPS) is 13.3. The summed E-state index contributed by atoms with van der Waals surface area (Å²) in [5.41, 5.74) is 1.85. The molecule has 2 amide bonds. The average Bonchev–Trinajstić information content (AvgIpc) is 2.76. The monoisotopic (exact) mass is 511 g/mol. The first-order chi connectivity index (χ1) is 15.7. The largest absolute Gasteiger partial charge is 0.620 e. The molecule has 33 heavy (non-hydrogen) atoms. The van der Waals surface area contributed by atoms with Crippen LogP contribution in [0.5, 0.6) is 5.75 Å². The first-order valence-corrected chi connectivity index (χ1v) is 11.2. The quantitative estimate of drug-likeness (QED) is 0.551. The third kappa shape index (κ3) is 6.14. The molecular formula is C23H23BBrN3O5. The number of nitrogens with zero attached hydrogens (tertiary/aromatic N) is 1. The third-order valence-electron chi connectivity index (χ3n) is 4.97. The van der Waals surface area contributed by atoms with E-state index >= 15 is 0 Å². The standard InChI is InChI=1S/C23H23BBrN3O5/c1-13(2)8-20(24-32-19-9-14(3)4-6-16(19)23(31)33-24)28-21(29)12-27-22(30)17-10-15(11-26)5-7-18(17)25/h4-7,9-10,13,20H,8,12H2,1-3H3,(H,27,30)(H,28,29)/t20-/m0/s1. The summed E-state index contributed by atoms with van der Waals surface area (Å²) in [5, 5.41) is 14.4. The lowest BCUT2D eigenvalue weighted by Gasteiger charge is -2.29. The fourth-order valence-corrected chi connectivity index (χ4v) is 3.83. The van der Waals surface area contributed by atoms with Crippen molar-refractivity contribution in [3.8, 4) is 11.8 Å². The van der Waals surface area contributed by atoms with E-state index in [1.54, 1.807) is 30.3 Å². The van der Waals surface area contributed by atoms with Crippen LogP contribution in [0.15, 0.2) is 40.9 Å². The van der Waals surface area contributed by atoms with Crippen molar-refractivity contribution in [3.05, 3.63) is 63.1 Å². The van der Waals surface area contributed by atoms with Crippen LogP contribution in [-0.4, -0.2) is 37.4 Å². The number of carbonyl (C=O) groups excluding carboxylic acids is 3. The second kappa shape index (κ2) is 10.5. The number of nitriles is 1. The number of fused-ring (bicyclic) bond motifs is 1. The molecule has 1 atom stereocenters. The molecule has 0 radical (unpaired) electrons. The molecule has 0 fully saturated rings. The molecule has 10 heteroatoms. The van der Waals surface area contributed by atoms with Crippen LogP contribution in [0.3, 0.4) is 0 Å². The molecule has 8 nitrogen and oxygen atoms in total. The van der Waals surface area contributed by atoms with Crippen LogP contribution in [0.4, 0.5) is 0 Å². The maximum absolute atomic E-state index is 12.6. The van der Waals surface area contributed by atoms with Crippen LogP contribution in [0.25, 0.3) is 0 Å². The van der Waals surface area contributed by atoms with Gasteiger partial charge in [-0.15, -0.1) is 0 Å². The van der Waals surface area contributed by atoms with Crippen LogP contribution >= 0.6 is 15.9 Å². The molecule has 1 aliphatic rings. The van der Waals surface area contributed by atoms with Crippen LogP contribution in [0, 0.1) is 24.2 Å². The van der Waals surface area contributed by atoms with Gasteiger partial charge in [0, 0.05) is 4.47 Å². The summed E-state index contributed by atoms with van der Waals surface area (Å²) < 4.78 is 11.9. The molecule has 0 aromatic heterocycles. The lowest BCUT2D eigenvalue weighted by Crippen LogP contribution is -2.55. The van der Waals surface area contributed by atoms with Gasteiger partial charge in [0.05, 0.1) is 35.2 Å². The minimum atomic E-state index is -0.990. The number of rotatable bonds is 7. The lowest BCUT2D eigenvalue weighted by molar-refractivity contribution is -0.120. The van der Waals surface area contributed by atoms with Gasteiger partial charge < -0.3 is 19.9 Å². The number of amides is 2. The fraction of sp³-hybridized carbons (Fsp3) is 0.304. The Labute approximate surface area is 200 Å². The Morgan fingerprint density at radius 3 is 2.64 bits per heavy atom. The molecule has 2 aromatic rings. The number of halogens is 1. The second-order valence-corrected chi connectivity index (χ2v) is 9.04. The molecule has 0 aliphatic carbocycles. The van der Waals surface area contributed by atoms with Crippen LogP contribution in [-0.2, 0) is 9.45 Å². The predicted molar refractivity (Wildman–Crippen MR) is 126 cm³/mol. The zero-order valence-corrected chi connectivity index (χ0v) is 20.1. The van der Waals surface area contributed by atoms with Gasteiger partial charge in [-0.3, -0.25) is 9.59 Å². The summed E-state index contributed by atoms with van der Waals surface area (Å²) in [6, 6.07) is 11.8. The Morgan fingerprint density at radius 2 is 1.94 bits per heavy atom. The molecular weight excluding hydrogens is 489 g/mol. The SMILES string of the molecule is Cc1ccc2c(c1)OB([C@H](CC(C)C)NC(=O)CNC(=O)c1cc(C#N)ccc1Br)OC2=O. The molecule has 0 unspecified atom stereocenters. The van der Waals surface area contributed by atoms with E-state index in [4.69, 9.17) is 14.6 Å². The van der Waals surface area contributed by atoms with Crippen LogP contribution < -0.4 is 15.3 Å². The maximum Gasteiger partial charge on any atom is 0.620 e. The molecule has 1 heterocycles. The van der Waals surface area contributed by atoms with Crippen molar-refractivity contribution >= 4 is 40.8 Å². The first kappa shape index (κ1) is 24.3. The van der Waals surface area contributed by atoms with Crippen molar-refractivity contribution in [2.24, 2.45) is 5.92 Å². The zero-order chi connectivity index (χ0) is 24.1. The van der Waals surface area contributed by atoms with Crippen LogP contribution in [0.2, 0.25) is 0 Å². The van der Waals surface area contributed by atoms with E-state index in [1.165, 1.54) is 6.07 Å². The minimum absolute atomic E-state index is 0.177. The smallest absolute Gasteiger partial charge is 0.524 e. The lowest BCUT2D eigenvalue weighted by atomic mass is 9.72. The Hall–Kier alpha value is -3.32. The van der Waals surface area contributed by atoms with E-state index in [-0.39, 0.29) is 18.0 Å². The Morgan fingerprint density at radius 1 is 1.18 bits per heavy atom. The summed E-state index contributed by atoms with van der Waals surface area (Å²) in [6.07, 6.45) is 0.495. The van der Waals surface area contributed by atoms with Gasteiger partial charge in [-0.25, -0.2) is 4.79 Å². The highest BCUT2D eigenvalue weighted by Gasteiger charge is 2.42. The molecule has 0 spiro atoms. The molecule has 1 aliphatic heterocycles. The molecule has 0 saturated carbocycles. The van der Waals surface area contributed by atoms with E-state index in [0.717, 1.165) is 5.56 Å². The summed E-state index contributed by atoms with van der Waals surface area (Å²) in [6.45, 7) is 5.54. The maximum atomic E-state index is 12.6. The second-order valence-electron chi connectivity index (χ2n) is 8.18. The van der Waals surface area contributed by atoms with Gasteiger partial charge in [-0.1, -0.05) is 19.9 Å². The highest BCUT2D eigenvalue weighted by atomic mass is 79.9. The Kier molecular flexibility index (Phi) is 7.77. The summed E-state index contributed by atoms with van der Waals surface area (Å²) >= 11 is 3.27. The van der Waals surface area contributed by atoms with E-state index in [9.17, 15) is 14.4 Å². The van der Waals surface area contributed by atoms with Gasteiger partial charge in [0.2, 0.25) is 5.91 Å². The van der Waals surface area contributed by atoms with E-state index in [2.05, 4.69) is 26.6 Å². The van der Waals surface area contributed by atoms with Gasteiger partial charge in [0.25, 0.3) is 5.91 Å². The van der Waals surface area contributed by atoms with Crippen molar-refractivity contribution in [3.63, 3.8) is 0 Å². The van der Waals surface area contributed by atoms with E-state index in [1.807, 2.05) is 26.8 Å². The summed E-state index contributed by atoms with van der Waals surface area (Å²) in [7, 11) is -0.990. The van der Waals surface area contributed by atoms with Gasteiger partial charge in [-0.2, -0.15) is 5.26 Å². The zero-order valence-electron chi connectivity index (χ0n) is 18.5. The third-order valence-corrected chi connectivity index (χ3v) is 5.66. The number of aryl methyl sites for hydroxylation is 1. The average molecular weight is 512 g/mol. The summed E-state index contributed by atoms with van der Waals surface area (Å²) in [4.78, 5) is 37.5. The van der Waals surface area contributed by atoms with Crippen molar-refractivity contribution < 1.29 is 23.7 Å². The topological polar surface area (TPSA) is 118 Å². The Bertz CT molecular complexity index is 1130. The van der Waals surface area contributed by atoms with Gasteiger partial charge in [0.15, 0.2) is 0 Å². The van der Waals surface area contributed by atoms with E-state index < -0.39 is 30.8 Å². The number of hydrogen-bond donors (Lipinski definition) is 2. The number of hydrogen-bond acceptors (Lipinski definition) is 6. The number of carbonyl (C=O) groups is 3. The summed E-state index contributed by atoms with van der Waals surface area (Å²) in [5.74, 6) is -1.50. The van der Waals surface area contributed by atoms with Gasteiger partial charge >= 0.3 is 13.1 Å². The molecule has 2 aromatic carbocycles. The molecule has 0 saturated heterocycles. The van der Waals surface area contributed by atoms with Crippen molar-refractivity contribution in [1.29, 1.82) is 5.26 Å². The Balaban J connectivity index is 1.67. The van der Waals surface area contributed by atoms with Crippen molar-refractivity contribution in [2.45, 2.75) is 33.1 Å². The fourth-order valence-electron chi connectivity index (χ4n) is 3.41. The number of nitrogens with one attached hydrogen (secondary N) is 2. The predicted octanol–water partition coefficient (Wildman–Crippen LogP) is 3.17. The van der Waals surface area contributed by atoms with Crippen LogP contribution in [0.1, 0.15) is 52.1 Å². The molecule has 2 N–H and O–H groups in total. The van der Waals surface area contributed by atoms with Crippen molar-refractivity contribution in [1.82, 2.24) is 10.6 Å². The first-order valence-electron chi connectivity index (χ1n) is 10.4. The highest BCUT2D eigenvalue weighted by molar-refractivity contribution is 9.10. The van der Waals surface area contributed by atoms with Crippen molar-refractivity contribution in [2.75, 3.05) is 6.54 Å². The van der Waals surface area contributed by atoms with Gasteiger partial charge in [0.1, 0.15) is 5.75 Å². The number of benzene rings is 2. The highest BCUT2D eigenvalue weighted by Crippen LogP contribution is 2.28. The molecule has 3 rings (SSSR count). The van der Waals surface area contributed by atoms with Gasteiger partial charge in [-0.05, 0) is 71.1 Å². The van der Waals surface area contributed by atoms with E-state index in [0.29, 0.717) is 27.8 Å².